The first kappa shape index (κ1) is 23.6. The molecule has 34 heavy (non-hydrogen) atoms. The Morgan fingerprint density at radius 2 is 1.68 bits per heavy atom. The zero-order chi connectivity index (χ0) is 24.1. The van der Waals surface area contributed by atoms with Crippen molar-refractivity contribution >= 4 is 32.4 Å². The first-order valence-electron chi connectivity index (χ1n) is 10.4. The maximum Gasteiger partial charge on any atom is 0.257 e. The normalized spacial score (nSPS) is 11.4. The van der Waals surface area contributed by atoms with E-state index in [9.17, 15) is 13.2 Å². The lowest BCUT2D eigenvalue weighted by Crippen LogP contribution is -2.26. The van der Waals surface area contributed by atoms with Gasteiger partial charge in [-0.05, 0) is 54.1 Å². The Kier molecular flexibility index (Phi) is 7.06. The SMILES string of the molecule is COc1ccc(-c2csc(NC(=O)c3ccc(S(=O)(=O)N(C)Cc4ccccc4)cc3)n2)cc1. The molecule has 0 atom stereocenters. The van der Waals surface area contributed by atoms with Crippen LogP contribution in [-0.2, 0) is 16.6 Å². The molecule has 0 unspecified atom stereocenters. The molecule has 1 N–H and O–H groups in total. The van der Waals surface area contributed by atoms with Crippen molar-refractivity contribution in [1.29, 1.82) is 0 Å². The lowest BCUT2D eigenvalue weighted by Gasteiger charge is -2.17. The molecule has 9 heteroatoms. The van der Waals surface area contributed by atoms with Crippen LogP contribution in [0.25, 0.3) is 11.3 Å². The average molecular weight is 494 g/mol. The van der Waals surface area contributed by atoms with Gasteiger partial charge in [0, 0.05) is 30.1 Å². The molecule has 3 aromatic carbocycles. The molecular weight excluding hydrogens is 470 g/mol. The maximum absolute atomic E-state index is 12.9. The quantitative estimate of drug-likeness (QED) is 0.378. The second-order valence-electron chi connectivity index (χ2n) is 7.49. The Balaban J connectivity index is 1.42. The van der Waals surface area contributed by atoms with Crippen LogP contribution in [0.5, 0.6) is 5.75 Å². The summed E-state index contributed by atoms with van der Waals surface area (Å²) >= 11 is 1.31. The topological polar surface area (TPSA) is 88.6 Å². The molecule has 7 nitrogen and oxygen atoms in total. The smallest absolute Gasteiger partial charge is 0.257 e. The number of benzene rings is 3. The Hall–Kier alpha value is -3.53. The van der Waals surface area contributed by atoms with Crippen molar-refractivity contribution in [3.05, 3.63) is 95.4 Å². The molecule has 4 aromatic rings. The van der Waals surface area contributed by atoms with Crippen LogP contribution in [0.1, 0.15) is 15.9 Å². The number of nitrogens with zero attached hydrogens (tertiary/aromatic N) is 2. The average Bonchev–Trinajstić information content (AvgIpc) is 3.33. The van der Waals surface area contributed by atoms with Gasteiger partial charge in [0.15, 0.2) is 5.13 Å². The minimum Gasteiger partial charge on any atom is -0.497 e. The summed E-state index contributed by atoms with van der Waals surface area (Å²) in [6, 6.07) is 22.7. The number of anilines is 1. The van der Waals surface area contributed by atoms with Crippen molar-refractivity contribution in [1.82, 2.24) is 9.29 Å². The Morgan fingerprint density at radius 3 is 2.32 bits per heavy atom. The fourth-order valence-corrected chi connectivity index (χ4v) is 5.15. The molecular formula is C25H23N3O4S2. The van der Waals surface area contributed by atoms with E-state index in [0.717, 1.165) is 22.6 Å². The van der Waals surface area contributed by atoms with E-state index in [0.29, 0.717) is 10.7 Å². The molecule has 0 aliphatic rings. The fraction of sp³-hybridized carbons (Fsp3) is 0.120. The Morgan fingerprint density at radius 1 is 1.00 bits per heavy atom. The highest BCUT2D eigenvalue weighted by molar-refractivity contribution is 7.89. The number of hydrogen-bond donors (Lipinski definition) is 1. The van der Waals surface area contributed by atoms with Crippen molar-refractivity contribution in [2.24, 2.45) is 0 Å². The molecule has 1 amide bonds. The Bertz CT molecular complexity index is 1370. The molecule has 4 rings (SSSR count). The number of aromatic nitrogens is 1. The van der Waals surface area contributed by atoms with Crippen LogP contribution >= 0.6 is 11.3 Å². The van der Waals surface area contributed by atoms with Crippen LogP contribution < -0.4 is 10.1 Å². The van der Waals surface area contributed by atoms with Crippen LogP contribution in [0.3, 0.4) is 0 Å². The lowest BCUT2D eigenvalue weighted by atomic mass is 10.2. The predicted molar refractivity (Wildman–Crippen MR) is 134 cm³/mol. The van der Waals surface area contributed by atoms with E-state index in [1.807, 2.05) is 60.0 Å². The third kappa shape index (κ3) is 5.33. The largest absolute Gasteiger partial charge is 0.497 e. The molecule has 0 bridgehead atoms. The zero-order valence-electron chi connectivity index (χ0n) is 18.6. The maximum atomic E-state index is 12.9. The van der Waals surface area contributed by atoms with E-state index in [4.69, 9.17) is 4.74 Å². The minimum absolute atomic E-state index is 0.124. The first-order chi connectivity index (χ1) is 16.4. The summed E-state index contributed by atoms with van der Waals surface area (Å²) in [7, 11) is -0.547. The van der Waals surface area contributed by atoms with E-state index in [1.165, 1.54) is 47.0 Å². The highest BCUT2D eigenvalue weighted by atomic mass is 32.2. The van der Waals surface area contributed by atoms with E-state index in [-0.39, 0.29) is 17.3 Å². The molecule has 1 heterocycles. The molecule has 1 aromatic heterocycles. The highest BCUT2D eigenvalue weighted by Crippen LogP contribution is 2.27. The van der Waals surface area contributed by atoms with Crippen LogP contribution in [0.4, 0.5) is 5.13 Å². The van der Waals surface area contributed by atoms with Crippen molar-refractivity contribution in [2.45, 2.75) is 11.4 Å². The second-order valence-corrected chi connectivity index (χ2v) is 10.4. The van der Waals surface area contributed by atoms with E-state index in [1.54, 1.807) is 7.11 Å². The van der Waals surface area contributed by atoms with Gasteiger partial charge in [0.05, 0.1) is 17.7 Å². The third-order valence-electron chi connectivity index (χ3n) is 5.18. The minimum atomic E-state index is -3.69. The van der Waals surface area contributed by atoms with Gasteiger partial charge in [-0.25, -0.2) is 13.4 Å². The number of rotatable bonds is 8. The highest BCUT2D eigenvalue weighted by Gasteiger charge is 2.21. The number of thiazole rings is 1. The number of carbonyl (C=O) groups excluding carboxylic acids is 1. The van der Waals surface area contributed by atoms with Gasteiger partial charge < -0.3 is 4.74 Å². The van der Waals surface area contributed by atoms with Gasteiger partial charge in [0.1, 0.15) is 5.75 Å². The van der Waals surface area contributed by atoms with Gasteiger partial charge in [-0.1, -0.05) is 30.3 Å². The summed E-state index contributed by atoms with van der Waals surface area (Å²) in [5.41, 5.74) is 2.88. The summed E-state index contributed by atoms with van der Waals surface area (Å²) in [5.74, 6) is 0.390. The summed E-state index contributed by atoms with van der Waals surface area (Å²) in [6.07, 6.45) is 0. The van der Waals surface area contributed by atoms with Crippen molar-refractivity contribution in [2.75, 3.05) is 19.5 Å². The van der Waals surface area contributed by atoms with Gasteiger partial charge in [-0.15, -0.1) is 11.3 Å². The Labute approximate surface area is 202 Å². The number of methoxy groups -OCH3 is 1. The van der Waals surface area contributed by atoms with E-state index >= 15 is 0 Å². The first-order valence-corrected chi connectivity index (χ1v) is 12.7. The molecule has 0 aliphatic carbocycles. The second kappa shape index (κ2) is 10.2. The number of sulfonamides is 1. The van der Waals surface area contributed by atoms with Gasteiger partial charge in [0.2, 0.25) is 10.0 Å². The molecule has 0 radical (unpaired) electrons. The standard InChI is InChI=1S/C25H23N3O4S2/c1-28(16-18-6-4-3-5-7-18)34(30,31)22-14-10-20(11-15-22)24(29)27-25-26-23(17-33-25)19-8-12-21(32-2)13-9-19/h3-15,17H,16H2,1-2H3,(H,26,27,29). The monoisotopic (exact) mass is 493 g/mol. The molecule has 0 saturated carbocycles. The number of carbonyl (C=O) groups is 1. The third-order valence-corrected chi connectivity index (χ3v) is 7.76. The fourth-order valence-electron chi connectivity index (χ4n) is 3.28. The lowest BCUT2D eigenvalue weighted by molar-refractivity contribution is 0.102. The van der Waals surface area contributed by atoms with Gasteiger partial charge in [0.25, 0.3) is 5.91 Å². The molecule has 0 aliphatic heterocycles. The summed E-state index contributed by atoms with van der Waals surface area (Å²) in [6.45, 7) is 0.256. The number of hydrogen-bond acceptors (Lipinski definition) is 6. The summed E-state index contributed by atoms with van der Waals surface area (Å²) in [5, 5.41) is 5.08. The van der Waals surface area contributed by atoms with Gasteiger partial charge in [-0.3, -0.25) is 10.1 Å². The summed E-state index contributed by atoms with van der Waals surface area (Å²) in [4.78, 5) is 17.2. The van der Waals surface area contributed by atoms with E-state index in [2.05, 4.69) is 10.3 Å². The van der Waals surface area contributed by atoms with Crippen LogP contribution in [0, 0.1) is 0 Å². The molecule has 0 saturated heterocycles. The number of ether oxygens (including phenoxy) is 1. The number of nitrogens with one attached hydrogen (secondary N) is 1. The van der Waals surface area contributed by atoms with E-state index < -0.39 is 10.0 Å². The van der Waals surface area contributed by atoms with Crippen molar-refractivity contribution < 1.29 is 17.9 Å². The van der Waals surface area contributed by atoms with Crippen molar-refractivity contribution in [3.8, 4) is 17.0 Å². The summed E-state index contributed by atoms with van der Waals surface area (Å²) < 4.78 is 32.2. The van der Waals surface area contributed by atoms with Crippen LogP contribution in [0.2, 0.25) is 0 Å². The number of amides is 1. The van der Waals surface area contributed by atoms with Gasteiger partial charge >= 0.3 is 0 Å². The van der Waals surface area contributed by atoms with Crippen LogP contribution in [0.15, 0.2) is 89.1 Å². The van der Waals surface area contributed by atoms with Crippen molar-refractivity contribution in [3.63, 3.8) is 0 Å². The molecule has 0 spiro atoms. The zero-order valence-corrected chi connectivity index (χ0v) is 20.3. The van der Waals surface area contributed by atoms with Crippen LogP contribution in [-0.4, -0.2) is 37.8 Å². The van der Waals surface area contributed by atoms with Gasteiger partial charge in [-0.2, -0.15) is 4.31 Å². The molecule has 0 fully saturated rings. The molecule has 174 valence electrons. The predicted octanol–water partition coefficient (Wildman–Crippen LogP) is 4.89.